The molecule has 0 aliphatic rings. The monoisotopic (exact) mass is 303 g/mol. The molecule has 0 aromatic carbocycles. The van der Waals surface area contributed by atoms with Gasteiger partial charge >= 0.3 is 0 Å². The highest BCUT2D eigenvalue weighted by atomic mass is 32.1. The number of carbonyl (C=O) groups is 1. The van der Waals surface area contributed by atoms with Crippen LogP contribution in [0.2, 0.25) is 0 Å². The summed E-state index contributed by atoms with van der Waals surface area (Å²) in [6.07, 6.45) is 5.65. The van der Waals surface area contributed by atoms with Gasteiger partial charge < -0.3 is 5.32 Å². The maximum atomic E-state index is 12.4. The summed E-state index contributed by atoms with van der Waals surface area (Å²) < 4.78 is 3.69. The number of nitrogens with zero attached hydrogens (tertiary/aromatic N) is 4. The lowest BCUT2D eigenvalue weighted by atomic mass is 10.3. The lowest BCUT2D eigenvalue weighted by Gasteiger charge is -2.13. The summed E-state index contributed by atoms with van der Waals surface area (Å²) in [7, 11) is 0. The Labute approximate surface area is 126 Å². The molecule has 1 amide bonds. The highest BCUT2D eigenvalue weighted by molar-refractivity contribution is 7.15. The first-order valence-corrected chi connectivity index (χ1v) is 7.65. The Balaban J connectivity index is 1.72. The van der Waals surface area contributed by atoms with E-state index >= 15 is 0 Å². The number of aromatic nitrogens is 4. The summed E-state index contributed by atoms with van der Waals surface area (Å²) in [4.78, 5) is 17.6. The molecule has 110 valence electrons. The average molecular weight is 303 g/mol. The van der Waals surface area contributed by atoms with Crippen molar-refractivity contribution >= 4 is 22.2 Å². The standard InChI is InChI=1S/C14H17N5OS/c1-9-6-16-19(8-9)10(2)7-15-13(20)12-11(3)17-14-18(12)4-5-21-14/h4-6,8,10H,7H2,1-3H3,(H,15,20)/t10-/m0/s1. The van der Waals surface area contributed by atoms with E-state index in [4.69, 9.17) is 0 Å². The van der Waals surface area contributed by atoms with Crippen LogP contribution in [0, 0.1) is 13.8 Å². The Morgan fingerprint density at radius 3 is 3.00 bits per heavy atom. The van der Waals surface area contributed by atoms with Crippen molar-refractivity contribution < 1.29 is 4.79 Å². The summed E-state index contributed by atoms with van der Waals surface area (Å²) in [6.45, 7) is 6.40. The van der Waals surface area contributed by atoms with Crippen molar-refractivity contribution in [1.82, 2.24) is 24.5 Å². The zero-order chi connectivity index (χ0) is 15.0. The fraction of sp³-hybridized carbons (Fsp3) is 0.357. The third-order valence-corrected chi connectivity index (χ3v) is 4.15. The summed E-state index contributed by atoms with van der Waals surface area (Å²) in [5.74, 6) is -0.103. The second-order valence-electron chi connectivity index (χ2n) is 5.16. The maximum Gasteiger partial charge on any atom is 0.270 e. The van der Waals surface area contributed by atoms with Crippen LogP contribution in [0.4, 0.5) is 0 Å². The van der Waals surface area contributed by atoms with Gasteiger partial charge in [0, 0.05) is 24.3 Å². The number of hydrogen-bond acceptors (Lipinski definition) is 4. The predicted molar refractivity (Wildman–Crippen MR) is 81.8 cm³/mol. The molecule has 0 aliphatic heterocycles. The van der Waals surface area contributed by atoms with Crippen molar-refractivity contribution in [2.45, 2.75) is 26.8 Å². The van der Waals surface area contributed by atoms with Gasteiger partial charge in [-0.25, -0.2) is 4.98 Å². The zero-order valence-corrected chi connectivity index (χ0v) is 13.0. The number of hydrogen-bond donors (Lipinski definition) is 1. The molecule has 7 heteroatoms. The summed E-state index contributed by atoms with van der Waals surface area (Å²) >= 11 is 1.52. The zero-order valence-electron chi connectivity index (χ0n) is 12.2. The molecule has 0 saturated heterocycles. The number of aryl methyl sites for hydroxylation is 2. The molecule has 3 heterocycles. The van der Waals surface area contributed by atoms with Gasteiger partial charge in [-0.05, 0) is 26.3 Å². The van der Waals surface area contributed by atoms with Gasteiger partial charge in [-0.2, -0.15) is 5.10 Å². The molecule has 6 nitrogen and oxygen atoms in total. The molecule has 0 fully saturated rings. The molecule has 0 spiro atoms. The molecule has 0 aliphatic carbocycles. The van der Waals surface area contributed by atoms with E-state index in [0.717, 1.165) is 16.2 Å². The van der Waals surface area contributed by atoms with Crippen LogP contribution in [0.15, 0.2) is 24.0 Å². The van der Waals surface area contributed by atoms with E-state index in [1.54, 1.807) is 0 Å². The van der Waals surface area contributed by atoms with Crippen LogP contribution in [-0.4, -0.2) is 31.6 Å². The van der Waals surface area contributed by atoms with Gasteiger partial charge in [0.1, 0.15) is 5.69 Å². The molecule has 0 radical (unpaired) electrons. The van der Waals surface area contributed by atoms with Crippen molar-refractivity contribution in [2.24, 2.45) is 0 Å². The third-order valence-electron chi connectivity index (χ3n) is 3.39. The molecule has 1 atom stereocenters. The number of fused-ring (bicyclic) bond motifs is 1. The van der Waals surface area contributed by atoms with E-state index in [1.807, 2.05) is 53.8 Å². The van der Waals surface area contributed by atoms with Crippen molar-refractivity contribution in [3.8, 4) is 0 Å². The molecule has 0 bridgehead atoms. The lowest BCUT2D eigenvalue weighted by molar-refractivity contribution is 0.0941. The van der Waals surface area contributed by atoms with Crippen LogP contribution in [0.1, 0.15) is 34.7 Å². The highest BCUT2D eigenvalue weighted by Gasteiger charge is 2.18. The van der Waals surface area contributed by atoms with E-state index in [9.17, 15) is 4.79 Å². The second kappa shape index (κ2) is 5.33. The molecule has 0 unspecified atom stereocenters. The van der Waals surface area contributed by atoms with Gasteiger partial charge in [0.15, 0.2) is 4.96 Å². The number of imidazole rings is 1. The minimum absolute atomic E-state index is 0.103. The van der Waals surface area contributed by atoms with Crippen LogP contribution in [0.3, 0.4) is 0 Å². The largest absolute Gasteiger partial charge is 0.349 e. The first kappa shape index (κ1) is 13.8. The minimum Gasteiger partial charge on any atom is -0.349 e. The molecule has 3 aromatic heterocycles. The van der Waals surface area contributed by atoms with E-state index in [2.05, 4.69) is 15.4 Å². The van der Waals surface area contributed by atoms with E-state index < -0.39 is 0 Å². The molecule has 3 rings (SSSR count). The Hall–Kier alpha value is -2.15. The Morgan fingerprint density at radius 2 is 2.29 bits per heavy atom. The van der Waals surface area contributed by atoms with Crippen LogP contribution in [-0.2, 0) is 0 Å². The lowest BCUT2D eigenvalue weighted by Crippen LogP contribution is -2.31. The normalized spacial score (nSPS) is 12.7. The van der Waals surface area contributed by atoms with Gasteiger partial charge in [-0.1, -0.05) is 0 Å². The minimum atomic E-state index is -0.103. The molecular formula is C14H17N5OS. The SMILES string of the molecule is Cc1cnn([C@@H](C)CNC(=O)c2c(C)nc3sccn23)c1. The van der Waals surface area contributed by atoms with Gasteiger partial charge in [-0.15, -0.1) is 11.3 Å². The number of nitrogens with one attached hydrogen (secondary N) is 1. The molecule has 1 N–H and O–H groups in total. The summed E-state index contributed by atoms with van der Waals surface area (Å²) in [5, 5.41) is 9.15. The number of rotatable bonds is 4. The Morgan fingerprint density at radius 1 is 1.48 bits per heavy atom. The smallest absolute Gasteiger partial charge is 0.270 e. The van der Waals surface area contributed by atoms with Gasteiger partial charge in [-0.3, -0.25) is 13.9 Å². The van der Waals surface area contributed by atoms with Crippen molar-refractivity contribution in [1.29, 1.82) is 0 Å². The van der Waals surface area contributed by atoms with Gasteiger partial charge in [0.25, 0.3) is 5.91 Å². The second-order valence-corrected chi connectivity index (χ2v) is 6.03. The summed E-state index contributed by atoms with van der Waals surface area (Å²) in [5.41, 5.74) is 2.47. The average Bonchev–Trinajstić information content (AvgIpc) is 3.11. The highest BCUT2D eigenvalue weighted by Crippen LogP contribution is 2.16. The number of thiazole rings is 1. The quantitative estimate of drug-likeness (QED) is 0.803. The Bertz CT molecular complexity index is 784. The van der Waals surface area contributed by atoms with Crippen LogP contribution < -0.4 is 5.32 Å². The van der Waals surface area contributed by atoms with E-state index in [-0.39, 0.29) is 11.9 Å². The molecule has 21 heavy (non-hydrogen) atoms. The van der Waals surface area contributed by atoms with Crippen LogP contribution in [0.25, 0.3) is 4.96 Å². The maximum absolute atomic E-state index is 12.4. The number of carbonyl (C=O) groups excluding carboxylic acids is 1. The van der Waals surface area contributed by atoms with Gasteiger partial charge in [0.2, 0.25) is 0 Å². The van der Waals surface area contributed by atoms with Crippen LogP contribution >= 0.6 is 11.3 Å². The Kier molecular flexibility index (Phi) is 3.50. The number of amides is 1. The van der Waals surface area contributed by atoms with Crippen molar-refractivity contribution in [2.75, 3.05) is 6.54 Å². The first-order chi connectivity index (χ1) is 10.1. The third kappa shape index (κ3) is 2.56. The predicted octanol–water partition coefficient (Wildman–Crippen LogP) is 2.20. The first-order valence-electron chi connectivity index (χ1n) is 6.77. The fourth-order valence-electron chi connectivity index (χ4n) is 2.26. The summed E-state index contributed by atoms with van der Waals surface area (Å²) in [6, 6.07) is 0.105. The molecule has 3 aromatic rings. The van der Waals surface area contributed by atoms with Crippen molar-refractivity contribution in [3.05, 3.63) is 40.9 Å². The fourth-order valence-corrected chi connectivity index (χ4v) is 3.02. The van der Waals surface area contributed by atoms with Crippen LogP contribution in [0.5, 0.6) is 0 Å². The topological polar surface area (TPSA) is 64.2 Å². The van der Waals surface area contributed by atoms with Crippen molar-refractivity contribution in [3.63, 3.8) is 0 Å². The van der Waals surface area contributed by atoms with E-state index in [1.165, 1.54) is 11.3 Å². The molecular weight excluding hydrogens is 286 g/mol. The molecule has 0 saturated carbocycles. The van der Waals surface area contributed by atoms with Gasteiger partial charge in [0.05, 0.1) is 17.9 Å². The van der Waals surface area contributed by atoms with E-state index in [0.29, 0.717) is 12.2 Å².